The Morgan fingerprint density at radius 2 is 1.88 bits per heavy atom. The van der Waals surface area contributed by atoms with Gasteiger partial charge in [-0.05, 0) is 54.1 Å². The lowest BCUT2D eigenvalue weighted by molar-refractivity contribution is -0.137. The van der Waals surface area contributed by atoms with Crippen LogP contribution in [0.15, 0.2) is 72.3 Å². The number of nitrogens with one attached hydrogen (secondary N) is 1. The van der Waals surface area contributed by atoms with Crippen LogP contribution in [0.4, 0.5) is 18.9 Å². The number of hydrogen-bond donors (Lipinski definition) is 1. The fraction of sp³-hybridized carbons (Fsp3) is 0.120. The molecule has 0 spiro atoms. The van der Waals surface area contributed by atoms with Gasteiger partial charge >= 0.3 is 6.18 Å². The molecule has 0 aliphatic carbocycles. The maximum Gasteiger partial charge on any atom is 0.416 e. The van der Waals surface area contributed by atoms with Gasteiger partial charge in [0.25, 0.3) is 5.91 Å². The molecular formula is C25H18ClF3N2O3. The number of anilines is 1. The van der Waals surface area contributed by atoms with Crippen LogP contribution in [0.5, 0.6) is 11.5 Å². The predicted octanol–water partition coefficient (Wildman–Crippen LogP) is 6.49. The van der Waals surface area contributed by atoms with Gasteiger partial charge in [0.2, 0.25) is 0 Å². The number of carbonyl (C=O) groups excluding carboxylic acids is 1. The van der Waals surface area contributed by atoms with Gasteiger partial charge in [0.05, 0.1) is 12.7 Å². The molecular weight excluding hydrogens is 469 g/mol. The number of benzene rings is 3. The highest BCUT2D eigenvalue weighted by molar-refractivity contribution is 6.30. The monoisotopic (exact) mass is 486 g/mol. The fourth-order valence-electron chi connectivity index (χ4n) is 2.95. The molecule has 34 heavy (non-hydrogen) atoms. The van der Waals surface area contributed by atoms with Crippen molar-refractivity contribution in [3.05, 3.63) is 94.0 Å². The topological polar surface area (TPSA) is 71.3 Å². The first-order valence-electron chi connectivity index (χ1n) is 9.85. The van der Waals surface area contributed by atoms with E-state index in [0.29, 0.717) is 22.1 Å². The molecule has 3 aromatic carbocycles. The number of nitriles is 1. The van der Waals surface area contributed by atoms with Crippen molar-refractivity contribution < 1.29 is 27.4 Å². The number of methoxy groups -OCH3 is 1. The summed E-state index contributed by atoms with van der Waals surface area (Å²) in [6.45, 7) is 0.160. The lowest BCUT2D eigenvalue weighted by atomic mass is 10.1. The lowest BCUT2D eigenvalue weighted by Crippen LogP contribution is -2.14. The highest BCUT2D eigenvalue weighted by atomic mass is 35.5. The Labute approximate surface area is 199 Å². The van der Waals surface area contributed by atoms with E-state index in [4.69, 9.17) is 21.1 Å². The number of carbonyl (C=O) groups is 1. The Balaban J connectivity index is 1.86. The first-order chi connectivity index (χ1) is 16.2. The Morgan fingerprint density at radius 1 is 1.12 bits per heavy atom. The molecule has 3 aromatic rings. The molecule has 0 atom stereocenters. The molecule has 0 aliphatic rings. The number of amides is 1. The molecule has 0 aliphatic heterocycles. The highest BCUT2D eigenvalue weighted by Gasteiger charge is 2.30. The Kier molecular flexibility index (Phi) is 7.82. The molecule has 0 bridgehead atoms. The minimum atomic E-state index is -4.56. The minimum Gasteiger partial charge on any atom is -0.497 e. The van der Waals surface area contributed by atoms with E-state index in [1.54, 1.807) is 42.5 Å². The van der Waals surface area contributed by atoms with E-state index in [0.717, 1.165) is 17.7 Å². The van der Waals surface area contributed by atoms with Gasteiger partial charge in [0.1, 0.15) is 29.7 Å². The second-order valence-electron chi connectivity index (χ2n) is 7.02. The van der Waals surface area contributed by atoms with Crippen molar-refractivity contribution in [1.82, 2.24) is 0 Å². The molecule has 174 valence electrons. The molecule has 9 heteroatoms. The molecule has 0 fully saturated rings. The number of hydrogen-bond acceptors (Lipinski definition) is 4. The van der Waals surface area contributed by atoms with E-state index in [1.165, 1.54) is 25.3 Å². The van der Waals surface area contributed by atoms with Crippen LogP contribution in [-0.4, -0.2) is 13.0 Å². The SMILES string of the molecule is COc1ccc(/C=C(\C#N)C(=O)Nc2cccc(C(F)(F)F)c2)c(OCc2cccc(Cl)c2)c1. The summed E-state index contributed by atoms with van der Waals surface area (Å²) in [6.07, 6.45) is -3.28. The van der Waals surface area contributed by atoms with Crippen LogP contribution >= 0.6 is 11.6 Å². The van der Waals surface area contributed by atoms with Crippen LogP contribution in [-0.2, 0) is 17.6 Å². The summed E-state index contributed by atoms with van der Waals surface area (Å²) in [4.78, 5) is 12.6. The van der Waals surface area contributed by atoms with E-state index in [1.807, 2.05) is 6.07 Å². The molecule has 0 unspecified atom stereocenters. The summed E-state index contributed by atoms with van der Waals surface area (Å²) in [7, 11) is 1.48. The molecule has 5 nitrogen and oxygen atoms in total. The Hall–Kier alpha value is -3.96. The maximum atomic E-state index is 12.9. The van der Waals surface area contributed by atoms with Crippen molar-refractivity contribution in [2.24, 2.45) is 0 Å². The van der Waals surface area contributed by atoms with Crippen LogP contribution in [0, 0.1) is 11.3 Å². The Morgan fingerprint density at radius 3 is 2.56 bits per heavy atom. The normalized spacial score (nSPS) is 11.5. The van der Waals surface area contributed by atoms with Gasteiger partial charge in [-0.2, -0.15) is 18.4 Å². The average Bonchev–Trinajstić information content (AvgIpc) is 2.81. The second kappa shape index (κ2) is 10.8. The smallest absolute Gasteiger partial charge is 0.416 e. The summed E-state index contributed by atoms with van der Waals surface area (Å²) >= 11 is 6.00. The zero-order valence-electron chi connectivity index (χ0n) is 17.8. The van der Waals surface area contributed by atoms with Crippen molar-refractivity contribution in [2.75, 3.05) is 12.4 Å². The van der Waals surface area contributed by atoms with Crippen LogP contribution in [0.1, 0.15) is 16.7 Å². The van der Waals surface area contributed by atoms with Crippen molar-refractivity contribution in [3.8, 4) is 17.6 Å². The van der Waals surface area contributed by atoms with Gasteiger partial charge in [-0.1, -0.05) is 29.8 Å². The van der Waals surface area contributed by atoms with Crippen molar-refractivity contribution in [1.29, 1.82) is 5.26 Å². The molecule has 3 rings (SSSR count). The summed E-state index contributed by atoms with van der Waals surface area (Å²) < 4.78 is 49.9. The number of rotatable bonds is 7. The van der Waals surface area contributed by atoms with Crippen LogP contribution in [0.2, 0.25) is 5.02 Å². The van der Waals surface area contributed by atoms with Gasteiger partial charge in [0.15, 0.2) is 0 Å². The molecule has 0 saturated heterocycles. The summed E-state index contributed by atoms with van der Waals surface area (Å²) in [5.74, 6) is -0.0393. The van der Waals surface area contributed by atoms with Gasteiger partial charge in [-0.3, -0.25) is 4.79 Å². The molecule has 0 heterocycles. The molecule has 1 amide bonds. The third-order valence-electron chi connectivity index (χ3n) is 4.62. The third-order valence-corrected chi connectivity index (χ3v) is 4.85. The highest BCUT2D eigenvalue weighted by Crippen LogP contribution is 2.31. The van der Waals surface area contributed by atoms with Crippen molar-refractivity contribution in [3.63, 3.8) is 0 Å². The van der Waals surface area contributed by atoms with Gasteiger partial charge < -0.3 is 14.8 Å². The van der Waals surface area contributed by atoms with Gasteiger partial charge in [-0.15, -0.1) is 0 Å². The molecule has 0 radical (unpaired) electrons. The minimum absolute atomic E-state index is 0.0897. The summed E-state index contributed by atoms with van der Waals surface area (Å²) in [5.41, 5.74) is -0.130. The standard InChI is InChI=1S/C25H18ClF3N2O3/c1-33-22-9-8-17(23(13-22)34-15-16-4-2-6-20(26)10-16)11-18(14-30)24(32)31-21-7-3-5-19(12-21)25(27,28)29/h2-13H,15H2,1H3,(H,31,32)/b18-11+. The largest absolute Gasteiger partial charge is 0.497 e. The van der Waals surface area contributed by atoms with Gasteiger partial charge in [0, 0.05) is 22.3 Å². The number of ether oxygens (including phenoxy) is 2. The van der Waals surface area contributed by atoms with E-state index < -0.39 is 17.6 Å². The first-order valence-corrected chi connectivity index (χ1v) is 10.2. The predicted molar refractivity (Wildman–Crippen MR) is 122 cm³/mol. The van der Waals surface area contributed by atoms with E-state index >= 15 is 0 Å². The number of alkyl halides is 3. The maximum absolute atomic E-state index is 12.9. The molecule has 0 aromatic heterocycles. The molecule has 0 saturated carbocycles. The number of nitrogens with zero attached hydrogens (tertiary/aromatic N) is 1. The van der Waals surface area contributed by atoms with E-state index in [2.05, 4.69) is 5.32 Å². The first kappa shape index (κ1) is 24.7. The summed E-state index contributed by atoms with van der Waals surface area (Å²) in [6, 6.07) is 17.8. The van der Waals surface area contributed by atoms with Crippen molar-refractivity contribution >= 4 is 29.3 Å². The lowest BCUT2D eigenvalue weighted by Gasteiger charge is -2.12. The van der Waals surface area contributed by atoms with Crippen LogP contribution in [0.25, 0.3) is 6.08 Å². The zero-order valence-corrected chi connectivity index (χ0v) is 18.6. The van der Waals surface area contributed by atoms with Crippen LogP contribution in [0.3, 0.4) is 0 Å². The third kappa shape index (κ3) is 6.53. The van der Waals surface area contributed by atoms with Gasteiger partial charge in [-0.25, -0.2) is 0 Å². The van der Waals surface area contributed by atoms with Crippen LogP contribution < -0.4 is 14.8 Å². The quantitative estimate of drug-likeness (QED) is 0.306. The van der Waals surface area contributed by atoms with Crippen molar-refractivity contribution in [2.45, 2.75) is 12.8 Å². The second-order valence-corrected chi connectivity index (χ2v) is 7.46. The molecule has 1 N–H and O–H groups in total. The summed E-state index contributed by atoms with van der Waals surface area (Å²) in [5, 5.41) is 12.4. The number of halogens is 4. The Bertz CT molecular complexity index is 1270. The average molecular weight is 487 g/mol. The van der Waals surface area contributed by atoms with E-state index in [-0.39, 0.29) is 17.9 Å². The van der Waals surface area contributed by atoms with E-state index in [9.17, 15) is 23.2 Å². The zero-order chi connectivity index (χ0) is 24.7. The fourth-order valence-corrected chi connectivity index (χ4v) is 3.16.